The molecule has 1 amide bonds. The molecular formula is C14H19FN2O3S. The number of nitrogens with zero attached hydrogens (tertiary/aromatic N) is 2. The van der Waals surface area contributed by atoms with Gasteiger partial charge in [0, 0.05) is 30.4 Å². The van der Waals surface area contributed by atoms with Gasteiger partial charge in [0.1, 0.15) is 0 Å². The lowest BCUT2D eigenvalue weighted by molar-refractivity contribution is 0.0693. The first-order valence-corrected chi connectivity index (χ1v) is 8.88. The molecule has 1 unspecified atom stereocenters. The lowest BCUT2D eigenvalue weighted by Crippen LogP contribution is -2.41. The minimum Gasteiger partial charge on any atom is -0.335 e. The molecule has 0 aliphatic carbocycles. The molecule has 2 heterocycles. The molecule has 116 valence electrons. The zero-order valence-corrected chi connectivity index (χ0v) is 12.8. The standard InChI is InChI=1S/C14H19FN2O3S/c1-2-3-7-17(12-5-8-21(19,20)10-12)14(18)11-4-6-16-13(15)9-11/h4,6,9,12H,2-3,5,7-8,10H2,1H3. The van der Waals surface area contributed by atoms with Crippen molar-refractivity contribution in [1.29, 1.82) is 0 Å². The number of halogens is 1. The maximum atomic E-state index is 13.2. The van der Waals surface area contributed by atoms with E-state index >= 15 is 0 Å². The average Bonchev–Trinajstić information content (AvgIpc) is 2.79. The summed E-state index contributed by atoms with van der Waals surface area (Å²) < 4.78 is 36.4. The Kier molecular flexibility index (Phi) is 4.92. The molecule has 0 bridgehead atoms. The van der Waals surface area contributed by atoms with Crippen molar-refractivity contribution < 1.29 is 17.6 Å². The highest BCUT2D eigenvalue weighted by atomic mass is 32.2. The van der Waals surface area contributed by atoms with E-state index in [0.717, 1.165) is 18.9 Å². The first kappa shape index (κ1) is 15.9. The van der Waals surface area contributed by atoms with Crippen LogP contribution >= 0.6 is 0 Å². The topological polar surface area (TPSA) is 67.3 Å². The maximum Gasteiger partial charge on any atom is 0.254 e. The Balaban J connectivity index is 2.21. The van der Waals surface area contributed by atoms with Crippen LogP contribution in [0.25, 0.3) is 0 Å². The molecule has 0 saturated carbocycles. The molecule has 0 aromatic carbocycles. The molecule has 2 rings (SSSR count). The highest BCUT2D eigenvalue weighted by molar-refractivity contribution is 7.91. The van der Waals surface area contributed by atoms with Crippen LogP contribution < -0.4 is 0 Å². The summed E-state index contributed by atoms with van der Waals surface area (Å²) in [5, 5.41) is 0. The van der Waals surface area contributed by atoms with E-state index in [9.17, 15) is 17.6 Å². The van der Waals surface area contributed by atoms with Crippen molar-refractivity contribution >= 4 is 15.7 Å². The predicted octanol–water partition coefficient (Wildman–Crippen LogP) is 1.65. The van der Waals surface area contributed by atoms with Gasteiger partial charge in [-0.25, -0.2) is 13.4 Å². The Hall–Kier alpha value is -1.50. The number of sulfone groups is 1. The zero-order chi connectivity index (χ0) is 15.5. The van der Waals surface area contributed by atoms with E-state index in [4.69, 9.17) is 0 Å². The summed E-state index contributed by atoms with van der Waals surface area (Å²) in [4.78, 5) is 17.5. The molecule has 0 N–H and O–H groups in total. The van der Waals surface area contributed by atoms with Crippen molar-refractivity contribution in [3.63, 3.8) is 0 Å². The van der Waals surface area contributed by atoms with E-state index in [-0.39, 0.29) is 29.0 Å². The van der Waals surface area contributed by atoms with Gasteiger partial charge in [0.25, 0.3) is 5.91 Å². The Morgan fingerprint density at radius 2 is 2.29 bits per heavy atom. The second-order valence-electron chi connectivity index (χ2n) is 5.28. The first-order valence-electron chi connectivity index (χ1n) is 7.06. The van der Waals surface area contributed by atoms with Crippen molar-refractivity contribution in [3.05, 3.63) is 29.8 Å². The average molecular weight is 314 g/mol. The summed E-state index contributed by atoms with van der Waals surface area (Å²) in [5.41, 5.74) is 0.211. The van der Waals surface area contributed by atoms with Crippen LogP contribution in [0.15, 0.2) is 18.3 Å². The van der Waals surface area contributed by atoms with Gasteiger partial charge in [-0.15, -0.1) is 0 Å². The van der Waals surface area contributed by atoms with Gasteiger partial charge < -0.3 is 4.90 Å². The van der Waals surface area contributed by atoms with Gasteiger partial charge in [-0.1, -0.05) is 13.3 Å². The summed E-state index contributed by atoms with van der Waals surface area (Å²) in [5.74, 6) is -0.934. The highest BCUT2D eigenvalue weighted by Gasteiger charge is 2.34. The summed E-state index contributed by atoms with van der Waals surface area (Å²) >= 11 is 0. The second kappa shape index (κ2) is 6.51. The van der Waals surface area contributed by atoms with E-state index in [0.29, 0.717) is 13.0 Å². The summed E-state index contributed by atoms with van der Waals surface area (Å²) in [7, 11) is -3.07. The third-order valence-electron chi connectivity index (χ3n) is 3.64. The number of pyridine rings is 1. The van der Waals surface area contributed by atoms with Crippen molar-refractivity contribution in [2.24, 2.45) is 0 Å². The minimum absolute atomic E-state index is 0.00395. The van der Waals surface area contributed by atoms with Gasteiger partial charge >= 0.3 is 0 Å². The number of carbonyl (C=O) groups is 1. The minimum atomic E-state index is -3.07. The lowest BCUT2D eigenvalue weighted by Gasteiger charge is -2.28. The van der Waals surface area contributed by atoms with E-state index in [1.807, 2.05) is 6.92 Å². The van der Waals surface area contributed by atoms with Gasteiger partial charge in [0.05, 0.1) is 11.5 Å². The van der Waals surface area contributed by atoms with Crippen LogP contribution in [0.5, 0.6) is 0 Å². The van der Waals surface area contributed by atoms with Crippen LogP contribution in [0.1, 0.15) is 36.5 Å². The van der Waals surface area contributed by atoms with E-state index in [2.05, 4.69) is 4.98 Å². The zero-order valence-electron chi connectivity index (χ0n) is 12.0. The van der Waals surface area contributed by atoms with Gasteiger partial charge in [-0.05, 0) is 18.9 Å². The third-order valence-corrected chi connectivity index (χ3v) is 5.39. The van der Waals surface area contributed by atoms with E-state index in [1.165, 1.54) is 12.3 Å². The van der Waals surface area contributed by atoms with Gasteiger partial charge in [-0.3, -0.25) is 4.79 Å². The van der Waals surface area contributed by atoms with Gasteiger partial charge in [0.15, 0.2) is 9.84 Å². The summed E-state index contributed by atoms with van der Waals surface area (Å²) in [6, 6.07) is 2.23. The summed E-state index contributed by atoms with van der Waals surface area (Å²) in [6.45, 7) is 2.49. The highest BCUT2D eigenvalue weighted by Crippen LogP contribution is 2.20. The number of amides is 1. The molecule has 0 spiro atoms. The Bertz CT molecular complexity index is 618. The van der Waals surface area contributed by atoms with Crippen LogP contribution in [0, 0.1) is 5.95 Å². The molecule has 1 aromatic heterocycles. The fraction of sp³-hybridized carbons (Fsp3) is 0.571. The molecule has 5 nitrogen and oxygen atoms in total. The number of hydrogen-bond donors (Lipinski definition) is 0. The van der Waals surface area contributed by atoms with Crippen molar-refractivity contribution in [2.45, 2.75) is 32.2 Å². The number of unbranched alkanes of at least 4 members (excludes halogenated alkanes) is 1. The van der Waals surface area contributed by atoms with Gasteiger partial charge in [-0.2, -0.15) is 4.39 Å². The predicted molar refractivity (Wildman–Crippen MR) is 77.2 cm³/mol. The molecule has 1 atom stereocenters. The van der Waals surface area contributed by atoms with E-state index < -0.39 is 15.8 Å². The van der Waals surface area contributed by atoms with Crippen LogP contribution in [0.3, 0.4) is 0 Å². The summed E-state index contributed by atoms with van der Waals surface area (Å²) in [6.07, 6.45) is 3.38. The molecule has 1 fully saturated rings. The molecule has 1 saturated heterocycles. The number of rotatable bonds is 5. The van der Waals surface area contributed by atoms with Crippen LogP contribution in [0.2, 0.25) is 0 Å². The quantitative estimate of drug-likeness (QED) is 0.775. The molecule has 21 heavy (non-hydrogen) atoms. The normalized spacial score (nSPS) is 20.4. The maximum absolute atomic E-state index is 13.2. The molecule has 1 aliphatic heterocycles. The molecule has 1 aromatic rings. The number of carbonyl (C=O) groups excluding carboxylic acids is 1. The first-order chi connectivity index (χ1) is 9.93. The van der Waals surface area contributed by atoms with E-state index in [1.54, 1.807) is 4.90 Å². The Morgan fingerprint density at radius 3 is 2.86 bits per heavy atom. The number of aromatic nitrogens is 1. The van der Waals surface area contributed by atoms with Crippen molar-refractivity contribution in [2.75, 3.05) is 18.1 Å². The number of hydrogen-bond acceptors (Lipinski definition) is 4. The van der Waals surface area contributed by atoms with Crippen LogP contribution in [0.4, 0.5) is 4.39 Å². The smallest absolute Gasteiger partial charge is 0.254 e. The Labute approximate surface area is 124 Å². The molecular weight excluding hydrogens is 295 g/mol. The van der Waals surface area contributed by atoms with Crippen LogP contribution in [-0.2, 0) is 9.84 Å². The van der Waals surface area contributed by atoms with Crippen LogP contribution in [-0.4, -0.2) is 48.3 Å². The molecule has 1 aliphatic rings. The lowest BCUT2D eigenvalue weighted by atomic mass is 10.1. The fourth-order valence-corrected chi connectivity index (χ4v) is 4.23. The van der Waals surface area contributed by atoms with Crippen molar-refractivity contribution in [3.8, 4) is 0 Å². The second-order valence-corrected chi connectivity index (χ2v) is 7.50. The monoisotopic (exact) mass is 314 g/mol. The van der Waals surface area contributed by atoms with Gasteiger partial charge in [0.2, 0.25) is 5.95 Å². The van der Waals surface area contributed by atoms with Crippen molar-refractivity contribution in [1.82, 2.24) is 9.88 Å². The third kappa shape index (κ3) is 4.00. The Morgan fingerprint density at radius 1 is 1.52 bits per heavy atom. The SMILES string of the molecule is CCCCN(C(=O)c1ccnc(F)c1)C1CCS(=O)(=O)C1. The fourth-order valence-electron chi connectivity index (χ4n) is 2.50. The molecule has 7 heteroatoms. The largest absolute Gasteiger partial charge is 0.335 e. The molecule has 0 radical (unpaired) electrons.